The van der Waals surface area contributed by atoms with Crippen LogP contribution in [0.4, 0.5) is 11.5 Å². The van der Waals surface area contributed by atoms with Crippen molar-refractivity contribution in [1.82, 2.24) is 19.9 Å². The van der Waals surface area contributed by atoms with Gasteiger partial charge in [0, 0.05) is 29.8 Å². The third kappa shape index (κ3) is 3.52. The molecular weight excluding hydrogens is 306 g/mol. The van der Waals surface area contributed by atoms with Crippen LogP contribution in [0.25, 0.3) is 11.5 Å². The minimum atomic E-state index is -0.957. The van der Waals surface area contributed by atoms with Gasteiger partial charge >= 0.3 is 5.97 Å². The molecule has 0 aliphatic heterocycles. The van der Waals surface area contributed by atoms with Crippen LogP contribution < -0.4 is 5.32 Å². The Morgan fingerprint density at radius 2 is 1.96 bits per heavy atom. The van der Waals surface area contributed by atoms with Crippen molar-refractivity contribution >= 4 is 17.5 Å². The fraction of sp³-hybridized carbons (Fsp3) is 0.118. The van der Waals surface area contributed by atoms with Crippen LogP contribution >= 0.6 is 0 Å². The SMILES string of the molecule is CCc1cc(Nc2ccc(C(=O)O)cc2)nc(-c2cnccn2)n1. The lowest BCUT2D eigenvalue weighted by atomic mass is 10.2. The highest BCUT2D eigenvalue weighted by Gasteiger charge is 2.08. The van der Waals surface area contributed by atoms with Crippen LogP contribution in [-0.4, -0.2) is 31.0 Å². The third-order valence-electron chi connectivity index (χ3n) is 3.34. The van der Waals surface area contributed by atoms with E-state index in [1.165, 1.54) is 12.1 Å². The molecule has 2 aromatic heterocycles. The van der Waals surface area contributed by atoms with E-state index in [1.807, 2.05) is 13.0 Å². The van der Waals surface area contributed by atoms with Gasteiger partial charge < -0.3 is 10.4 Å². The van der Waals surface area contributed by atoms with Crippen molar-refractivity contribution in [2.24, 2.45) is 0 Å². The minimum absolute atomic E-state index is 0.234. The summed E-state index contributed by atoms with van der Waals surface area (Å²) in [6.45, 7) is 2.01. The maximum atomic E-state index is 10.9. The van der Waals surface area contributed by atoms with E-state index in [4.69, 9.17) is 5.11 Å². The van der Waals surface area contributed by atoms with Crippen LogP contribution in [0.3, 0.4) is 0 Å². The molecule has 0 fully saturated rings. The van der Waals surface area contributed by atoms with Gasteiger partial charge in [-0.3, -0.25) is 4.98 Å². The maximum Gasteiger partial charge on any atom is 0.335 e. The number of benzene rings is 1. The normalized spacial score (nSPS) is 10.4. The zero-order valence-electron chi connectivity index (χ0n) is 13.0. The Morgan fingerprint density at radius 1 is 1.17 bits per heavy atom. The fourth-order valence-electron chi connectivity index (χ4n) is 2.12. The number of rotatable bonds is 5. The molecule has 3 aromatic rings. The lowest BCUT2D eigenvalue weighted by Crippen LogP contribution is -2.02. The number of aryl methyl sites for hydroxylation is 1. The van der Waals surface area contributed by atoms with Crippen LogP contribution in [-0.2, 0) is 6.42 Å². The number of aromatic nitrogens is 4. The number of hydrogen-bond donors (Lipinski definition) is 2. The van der Waals surface area contributed by atoms with E-state index in [2.05, 4.69) is 25.3 Å². The lowest BCUT2D eigenvalue weighted by molar-refractivity contribution is 0.0697. The number of carbonyl (C=O) groups is 1. The van der Waals surface area contributed by atoms with Gasteiger partial charge in [0.05, 0.1) is 11.8 Å². The number of carboxylic acids is 1. The fourth-order valence-corrected chi connectivity index (χ4v) is 2.12. The molecule has 0 saturated carbocycles. The van der Waals surface area contributed by atoms with Crippen molar-refractivity contribution in [3.63, 3.8) is 0 Å². The number of hydrogen-bond acceptors (Lipinski definition) is 6. The molecule has 7 heteroatoms. The molecule has 0 aliphatic carbocycles. The van der Waals surface area contributed by atoms with Gasteiger partial charge in [-0.25, -0.2) is 19.7 Å². The first-order valence-electron chi connectivity index (χ1n) is 7.40. The lowest BCUT2D eigenvalue weighted by Gasteiger charge is -2.09. The van der Waals surface area contributed by atoms with Crippen molar-refractivity contribution in [2.75, 3.05) is 5.32 Å². The van der Waals surface area contributed by atoms with Crippen LogP contribution in [0.1, 0.15) is 23.0 Å². The second kappa shape index (κ2) is 6.82. The smallest absolute Gasteiger partial charge is 0.335 e. The van der Waals surface area contributed by atoms with Gasteiger partial charge in [-0.1, -0.05) is 6.92 Å². The minimum Gasteiger partial charge on any atom is -0.478 e. The summed E-state index contributed by atoms with van der Waals surface area (Å²) in [6.07, 6.45) is 5.55. The molecule has 0 aliphatic rings. The molecule has 1 aromatic carbocycles. The second-order valence-corrected chi connectivity index (χ2v) is 5.02. The first-order chi connectivity index (χ1) is 11.7. The summed E-state index contributed by atoms with van der Waals surface area (Å²) in [4.78, 5) is 28.1. The zero-order valence-corrected chi connectivity index (χ0v) is 13.0. The Morgan fingerprint density at radius 3 is 2.58 bits per heavy atom. The van der Waals surface area contributed by atoms with E-state index in [-0.39, 0.29) is 5.56 Å². The first kappa shape index (κ1) is 15.5. The van der Waals surface area contributed by atoms with Gasteiger partial charge in [0.1, 0.15) is 11.5 Å². The number of nitrogens with zero attached hydrogens (tertiary/aromatic N) is 4. The van der Waals surface area contributed by atoms with Crippen molar-refractivity contribution in [3.8, 4) is 11.5 Å². The maximum absolute atomic E-state index is 10.9. The molecule has 24 heavy (non-hydrogen) atoms. The van der Waals surface area contributed by atoms with E-state index in [0.29, 0.717) is 17.3 Å². The van der Waals surface area contributed by atoms with Gasteiger partial charge in [-0.05, 0) is 30.7 Å². The Balaban J connectivity index is 1.91. The summed E-state index contributed by atoms with van der Waals surface area (Å²) < 4.78 is 0. The number of nitrogens with one attached hydrogen (secondary N) is 1. The number of aromatic carboxylic acids is 1. The predicted octanol–water partition coefficient (Wildman–Crippen LogP) is 2.94. The first-order valence-corrected chi connectivity index (χ1v) is 7.40. The van der Waals surface area contributed by atoms with Crippen molar-refractivity contribution in [3.05, 3.63) is 60.2 Å². The van der Waals surface area contributed by atoms with Crippen molar-refractivity contribution in [1.29, 1.82) is 0 Å². The second-order valence-electron chi connectivity index (χ2n) is 5.02. The van der Waals surface area contributed by atoms with E-state index in [9.17, 15) is 4.79 Å². The monoisotopic (exact) mass is 321 g/mol. The molecule has 0 saturated heterocycles. The topological polar surface area (TPSA) is 101 Å². The van der Waals surface area contributed by atoms with Crippen molar-refractivity contribution < 1.29 is 9.90 Å². The van der Waals surface area contributed by atoms with Gasteiger partial charge in [0.2, 0.25) is 0 Å². The van der Waals surface area contributed by atoms with Crippen LogP contribution in [0.2, 0.25) is 0 Å². The van der Waals surface area contributed by atoms with Gasteiger partial charge in [0.15, 0.2) is 5.82 Å². The van der Waals surface area contributed by atoms with Crippen LogP contribution in [0.5, 0.6) is 0 Å². The Labute approximate surface area is 138 Å². The summed E-state index contributed by atoms with van der Waals surface area (Å²) in [5.74, 6) is 0.152. The molecule has 0 amide bonds. The Bertz CT molecular complexity index is 851. The molecule has 0 atom stereocenters. The predicted molar refractivity (Wildman–Crippen MR) is 89.1 cm³/mol. The zero-order chi connectivity index (χ0) is 16.9. The summed E-state index contributed by atoms with van der Waals surface area (Å²) >= 11 is 0. The van der Waals surface area contributed by atoms with Gasteiger partial charge in [-0.15, -0.1) is 0 Å². The molecule has 0 radical (unpaired) electrons. The van der Waals surface area contributed by atoms with E-state index >= 15 is 0 Å². The molecule has 2 N–H and O–H groups in total. The molecule has 2 heterocycles. The quantitative estimate of drug-likeness (QED) is 0.745. The third-order valence-corrected chi connectivity index (χ3v) is 3.34. The molecule has 0 bridgehead atoms. The summed E-state index contributed by atoms with van der Waals surface area (Å²) in [5, 5.41) is 12.1. The Kier molecular flexibility index (Phi) is 4.42. The largest absolute Gasteiger partial charge is 0.478 e. The molecule has 120 valence electrons. The highest BCUT2D eigenvalue weighted by Crippen LogP contribution is 2.20. The van der Waals surface area contributed by atoms with E-state index < -0.39 is 5.97 Å². The van der Waals surface area contributed by atoms with E-state index in [0.717, 1.165) is 17.8 Å². The standard InChI is InChI=1S/C17H15N5O2/c1-2-12-9-15(20-13-5-3-11(4-6-13)17(23)24)22-16(21-12)14-10-18-7-8-19-14/h3-10H,2H2,1H3,(H,23,24)(H,20,21,22). The van der Waals surface area contributed by atoms with Crippen LogP contribution in [0, 0.1) is 0 Å². The Hall–Kier alpha value is -3.35. The molecular formula is C17H15N5O2. The average Bonchev–Trinajstić information content (AvgIpc) is 2.62. The van der Waals surface area contributed by atoms with E-state index in [1.54, 1.807) is 30.7 Å². The van der Waals surface area contributed by atoms with Crippen LogP contribution in [0.15, 0.2) is 48.9 Å². The highest BCUT2D eigenvalue weighted by molar-refractivity contribution is 5.88. The molecule has 3 rings (SSSR count). The molecule has 0 unspecified atom stereocenters. The summed E-state index contributed by atoms with van der Waals surface area (Å²) in [6, 6.07) is 8.32. The van der Waals surface area contributed by atoms with Gasteiger partial charge in [0.25, 0.3) is 0 Å². The molecule has 0 spiro atoms. The summed E-state index contributed by atoms with van der Waals surface area (Å²) in [5.41, 5.74) is 2.44. The highest BCUT2D eigenvalue weighted by atomic mass is 16.4. The number of carboxylic acid groups (broad SMARTS) is 1. The molecule has 7 nitrogen and oxygen atoms in total. The van der Waals surface area contributed by atoms with Gasteiger partial charge in [-0.2, -0.15) is 0 Å². The number of anilines is 2. The summed E-state index contributed by atoms with van der Waals surface area (Å²) in [7, 11) is 0. The average molecular weight is 321 g/mol. The van der Waals surface area contributed by atoms with Crippen molar-refractivity contribution in [2.45, 2.75) is 13.3 Å².